The molecule has 0 radical (unpaired) electrons. The summed E-state index contributed by atoms with van der Waals surface area (Å²) in [5.41, 5.74) is 1.35. The number of carbonyl (C=O) groups is 1. The Morgan fingerprint density at radius 2 is 1.82 bits per heavy atom. The van der Waals surface area contributed by atoms with Gasteiger partial charge in [-0.15, -0.1) is 0 Å². The molecule has 1 aliphatic rings. The van der Waals surface area contributed by atoms with E-state index in [4.69, 9.17) is 16.3 Å². The molecular formula is C20H20ClF3N2O2. The zero-order chi connectivity index (χ0) is 20.3. The van der Waals surface area contributed by atoms with E-state index in [9.17, 15) is 18.0 Å². The number of aryl methyl sites for hydroxylation is 1. The summed E-state index contributed by atoms with van der Waals surface area (Å²) in [7, 11) is 0. The number of alkyl halides is 3. The van der Waals surface area contributed by atoms with Gasteiger partial charge in [-0.25, -0.2) is 0 Å². The molecule has 1 aliphatic heterocycles. The Morgan fingerprint density at radius 1 is 1.11 bits per heavy atom. The summed E-state index contributed by atoms with van der Waals surface area (Å²) < 4.78 is 43.5. The maximum atomic E-state index is 12.7. The molecule has 1 heterocycles. The van der Waals surface area contributed by atoms with Gasteiger partial charge in [-0.1, -0.05) is 23.7 Å². The number of hydrogen-bond acceptors (Lipinski definition) is 3. The van der Waals surface area contributed by atoms with Crippen LogP contribution in [0, 0.1) is 6.92 Å². The highest BCUT2D eigenvalue weighted by molar-refractivity contribution is 6.30. The molecule has 0 N–H and O–H groups in total. The number of piperazine rings is 1. The second-order valence-electron chi connectivity index (χ2n) is 6.61. The molecule has 1 amide bonds. The van der Waals surface area contributed by atoms with Crippen molar-refractivity contribution >= 4 is 23.2 Å². The van der Waals surface area contributed by atoms with Gasteiger partial charge in [0.05, 0.1) is 5.56 Å². The van der Waals surface area contributed by atoms with Crippen LogP contribution in [0.5, 0.6) is 5.75 Å². The van der Waals surface area contributed by atoms with Crippen molar-refractivity contribution in [2.24, 2.45) is 0 Å². The van der Waals surface area contributed by atoms with Crippen molar-refractivity contribution in [3.8, 4) is 5.75 Å². The molecule has 0 saturated carbocycles. The largest absolute Gasteiger partial charge is 0.484 e. The highest BCUT2D eigenvalue weighted by Crippen LogP contribution is 2.31. The molecule has 2 aromatic carbocycles. The third-order valence-corrected chi connectivity index (χ3v) is 4.90. The highest BCUT2D eigenvalue weighted by Gasteiger charge is 2.30. The van der Waals surface area contributed by atoms with Gasteiger partial charge >= 0.3 is 6.18 Å². The minimum Gasteiger partial charge on any atom is -0.484 e. The Labute approximate surface area is 166 Å². The zero-order valence-corrected chi connectivity index (χ0v) is 16.1. The van der Waals surface area contributed by atoms with Crippen molar-refractivity contribution in [2.45, 2.75) is 13.1 Å². The first-order chi connectivity index (χ1) is 13.2. The molecule has 0 atom stereocenters. The number of anilines is 1. The molecule has 3 rings (SSSR count). The SMILES string of the molecule is Cc1ccc(Cl)cc1N1CCN(C(=O)COc2cccc(C(F)(F)F)c2)CC1. The van der Waals surface area contributed by atoms with Crippen molar-refractivity contribution < 1.29 is 22.7 Å². The van der Waals surface area contributed by atoms with Crippen molar-refractivity contribution in [1.29, 1.82) is 0 Å². The first kappa shape index (κ1) is 20.3. The van der Waals surface area contributed by atoms with E-state index in [1.165, 1.54) is 12.1 Å². The number of rotatable bonds is 4. The topological polar surface area (TPSA) is 32.8 Å². The van der Waals surface area contributed by atoms with Gasteiger partial charge in [0, 0.05) is 36.9 Å². The smallest absolute Gasteiger partial charge is 0.416 e. The molecule has 1 saturated heterocycles. The van der Waals surface area contributed by atoms with Crippen LogP contribution in [0.4, 0.5) is 18.9 Å². The summed E-state index contributed by atoms with van der Waals surface area (Å²) in [5.74, 6) is -0.226. The molecule has 0 spiro atoms. The minimum atomic E-state index is -4.45. The van der Waals surface area contributed by atoms with Gasteiger partial charge in [0.25, 0.3) is 5.91 Å². The van der Waals surface area contributed by atoms with Crippen molar-refractivity contribution in [3.63, 3.8) is 0 Å². The lowest BCUT2D eigenvalue weighted by atomic mass is 10.1. The quantitative estimate of drug-likeness (QED) is 0.746. The average Bonchev–Trinajstić information content (AvgIpc) is 2.68. The maximum Gasteiger partial charge on any atom is 0.416 e. The Balaban J connectivity index is 1.54. The Morgan fingerprint density at radius 3 is 2.50 bits per heavy atom. The van der Waals surface area contributed by atoms with E-state index in [0.717, 1.165) is 23.4 Å². The first-order valence-electron chi connectivity index (χ1n) is 8.83. The van der Waals surface area contributed by atoms with Gasteiger partial charge in [0.1, 0.15) is 5.75 Å². The van der Waals surface area contributed by atoms with Crippen LogP contribution in [-0.2, 0) is 11.0 Å². The number of ether oxygens (including phenoxy) is 1. The standard InChI is InChI=1S/C20H20ClF3N2O2/c1-14-5-6-16(21)12-18(14)25-7-9-26(10-8-25)19(27)13-28-17-4-2-3-15(11-17)20(22,23)24/h2-6,11-12H,7-10,13H2,1H3. The van der Waals surface area contributed by atoms with E-state index >= 15 is 0 Å². The molecule has 150 valence electrons. The van der Waals surface area contributed by atoms with E-state index in [1.54, 1.807) is 4.90 Å². The van der Waals surface area contributed by atoms with E-state index in [-0.39, 0.29) is 18.3 Å². The lowest BCUT2D eigenvalue weighted by Crippen LogP contribution is -2.50. The molecule has 0 bridgehead atoms. The molecule has 1 fully saturated rings. The Kier molecular flexibility index (Phi) is 6.03. The number of benzene rings is 2. The van der Waals surface area contributed by atoms with Gasteiger partial charge in [0.2, 0.25) is 0 Å². The molecule has 0 aromatic heterocycles. The third kappa shape index (κ3) is 4.90. The summed E-state index contributed by atoms with van der Waals surface area (Å²) in [4.78, 5) is 16.2. The van der Waals surface area contributed by atoms with E-state index in [1.807, 2.05) is 25.1 Å². The van der Waals surface area contributed by atoms with Crippen LogP contribution in [0.1, 0.15) is 11.1 Å². The molecule has 4 nitrogen and oxygen atoms in total. The maximum absolute atomic E-state index is 12.7. The van der Waals surface area contributed by atoms with Crippen molar-refractivity contribution in [1.82, 2.24) is 4.90 Å². The second-order valence-corrected chi connectivity index (χ2v) is 7.05. The predicted octanol–water partition coefficient (Wildman–Crippen LogP) is 4.39. The first-order valence-corrected chi connectivity index (χ1v) is 9.21. The Hall–Kier alpha value is -2.41. The number of nitrogens with zero attached hydrogens (tertiary/aromatic N) is 2. The summed E-state index contributed by atoms with van der Waals surface area (Å²) in [5, 5.41) is 0.661. The summed E-state index contributed by atoms with van der Waals surface area (Å²) in [6.45, 7) is 4.03. The van der Waals surface area contributed by atoms with Gasteiger partial charge in [-0.3, -0.25) is 4.79 Å². The monoisotopic (exact) mass is 412 g/mol. The summed E-state index contributed by atoms with van der Waals surface area (Å²) in [6.07, 6.45) is -4.45. The van der Waals surface area contributed by atoms with E-state index in [0.29, 0.717) is 31.2 Å². The lowest BCUT2D eigenvalue weighted by Gasteiger charge is -2.36. The second kappa shape index (κ2) is 8.31. The fourth-order valence-corrected chi connectivity index (χ4v) is 3.28. The van der Waals surface area contributed by atoms with Gasteiger partial charge in [0.15, 0.2) is 6.61 Å². The highest BCUT2D eigenvalue weighted by atomic mass is 35.5. The van der Waals surface area contributed by atoms with Crippen molar-refractivity contribution in [3.05, 3.63) is 58.6 Å². The number of hydrogen-bond donors (Lipinski definition) is 0. The third-order valence-electron chi connectivity index (χ3n) is 4.67. The molecule has 2 aromatic rings. The van der Waals surface area contributed by atoms with Crippen LogP contribution in [0.3, 0.4) is 0 Å². The van der Waals surface area contributed by atoms with Crippen LogP contribution < -0.4 is 9.64 Å². The van der Waals surface area contributed by atoms with Gasteiger partial charge in [-0.2, -0.15) is 13.2 Å². The normalized spacial score (nSPS) is 14.9. The van der Waals surface area contributed by atoms with Crippen LogP contribution in [-0.4, -0.2) is 43.6 Å². The number of carbonyl (C=O) groups excluding carboxylic acids is 1. The summed E-state index contributed by atoms with van der Waals surface area (Å²) >= 11 is 6.08. The lowest BCUT2D eigenvalue weighted by molar-refractivity contribution is -0.137. The molecule has 0 aliphatic carbocycles. The van der Waals surface area contributed by atoms with Crippen LogP contribution in [0.25, 0.3) is 0 Å². The molecule has 8 heteroatoms. The van der Waals surface area contributed by atoms with Crippen LogP contribution >= 0.6 is 11.6 Å². The Bertz CT molecular complexity index is 850. The number of halogens is 4. The molecular weight excluding hydrogens is 393 g/mol. The molecule has 0 unspecified atom stereocenters. The van der Waals surface area contributed by atoms with Gasteiger partial charge in [-0.05, 0) is 42.8 Å². The predicted molar refractivity (Wildman–Crippen MR) is 102 cm³/mol. The van der Waals surface area contributed by atoms with Crippen LogP contribution in [0.2, 0.25) is 5.02 Å². The van der Waals surface area contributed by atoms with Gasteiger partial charge < -0.3 is 14.5 Å². The number of amides is 1. The van der Waals surface area contributed by atoms with Crippen molar-refractivity contribution in [2.75, 3.05) is 37.7 Å². The van der Waals surface area contributed by atoms with Crippen LogP contribution in [0.15, 0.2) is 42.5 Å². The summed E-state index contributed by atoms with van der Waals surface area (Å²) in [6, 6.07) is 10.2. The average molecular weight is 413 g/mol. The fourth-order valence-electron chi connectivity index (χ4n) is 3.12. The minimum absolute atomic E-state index is 0.0244. The fraction of sp³-hybridized carbons (Fsp3) is 0.350. The van der Waals surface area contributed by atoms with E-state index < -0.39 is 11.7 Å². The van der Waals surface area contributed by atoms with E-state index in [2.05, 4.69) is 4.90 Å². The zero-order valence-electron chi connectivity index (χ0n) is 15.3. The molecule has 28 heavy (non-hydrogen) atoms.